The standard InChI is InChI=1S/C30H25F2N3O4/c1-38-25-4-3-5-26(39-2)28(25)35-17-21(30(37)33-29(35)20-8-10-22(31)11-9-20)16-19-6-13-24(14-7-19)34-18-23(32)12-15-27(34)36/h3-15,17-18,29H,16H2,1-2H3,(H,33,37). The van der Waals surface area contributed by atoms with E-state index in [1.807, 2.05) is 4.90 Å². The molecule has 9 heteroatoms. The summed E-state index contributed by atoms with van der Waals surface area (Å²) in [5, 5.41) is 3.02. The molecule has 0 saturated heterocycles. The Morgan fingerprint density at radius 1 is 0.821 bits per heavy atom. The van der Waals surface area contributed by atoms with Crippen LogP contribution in [0, 0.1) is 11.6 Å². The molecular weight excluding hydrogens is 504 g/mol. The third-order valence-corrected chi connectivity index (χ3v) is 6.46. The molecule has 1 amide bonds. The number of nitrogens with zero attached hydrogens (tertiary/aromatic N) is 2. The number of amides is 1. The first-order valence-electron chi connectivity index (χ1n) is 12.1. The summed E-state index contributed by atoms with van der Waals surface area (Å²) in [6.45, 7) is 0. The number of nitrogens with one attached hydrogen (secondary N) is 1. The molecule has 1 aromatic heterocycles. The number of aromatic nitrogens is 1. The second kappa shape index (κ2) is 10.8. The number of methoxy groups -OCH3 is 2. The van der Waals surface area contributed by atoms with Crippen molar-refractivity contribution in [2.75, 3.05) is 19.1 Å². The van der Waals surface area contributed by atoms with Crippen LogP contribution in [-0.2, 0) is 11.2 Å². The number of pyridine rings is 1. The van der Waals surface area contributed by atoms with Crippen molar-refractivity contribution in [3.63, 3.8) is 0 Å². The van der Waals surface area contributed by atoms with Crippen LogP contribution in [0.1, 0.15) is 17.3 Å². The highest BCUT2D eigenvalue weighted by Crippen LogP contribution is 2.43. The second-order valence-electron chi connectivity index (χ2n) is 8.90. The van der Waals surface area contributed by atoms with Crippen LogP contribution in [0.25, 0.3) is 5.69 Å². The van der Waals surface area contributed by atoms with Crippen molar-refractivity contribution in [3.05, 3.63) is 130 Å². The van der Waals surface area contributed by atoms with Crippen LogP contribution >= 0.6 is 0 Å². The van der Waals surface area contributed by atoms with E-state index in [0.29, 0.717) is 34.0 Å². The molecule has 7 nitrogen and oxygen atoms in total. The fourth-order valence-electron chi connectivity index (χ4n) is 4.54. The molecule has 1 aliphatic rings. The van der Waals surface area contributed by atoms with E-state index in [-0.39, 0.29) is 23.7 Å². The van der Waals surface area contributed by atoms with E-state index >= 15 is 0 Å². The lowest BCUT2D eigenvalue weighted by atomic mass is 10.0. The second-order valence-corrected chi connectivity index (χ2v) is 8.90. The number of benzene rings is 3. The highest BCUT2D eigenvalue weighted by atomic mass is 19.1. The van der Waals surface area contributed by atoms with E-state index in [4.69, 9.17) is 9.47 Å². The Morgan fingerprint density at radius 2 is 1.46 bits per heavy atom. The van der Waals surface area contributed by atoms with Gasteiger partial charge in [-0.3, -0.25) is 14.2 Å². The predicted molar refractivity (Wildman–Crippen MR) is 143 cm³/mol. The van der Waals surface area contributed by atoms with Gasteiger partial charge in [0.2, 0.25) is 0 Å². The Bertz CT molecular complexity index is 1580. The molecule has 0 fully saturated rings. The zero-order valence-corrected chi connectivity index (χ0v) is 21.2. The lowest BCUT2D eigenvalue weighted by Gasteiger charge is -2.37. The Hall–Kier alpha value is -4.92. The average molecular weight is 530 g/mol. The van der Waals surface area contributed by atoms with Gasteiger partial charge < -0.3 is 19.7 Å². The fraction of sp³-hybridized carbons (Fsp3) is 0.133. The predicted octanol–water partition coefficient (Wildman–Crippen LogP) is 4.89. The third-order valence-electron chi connectivity index (χ3n) is 6.46. The van der Waals surface area contributed by atoms with Gasteiger partial charge in [-0.25, -0.2) is 8.78 Å². The van der Waals surface area contributed by atoms with Gasteiger partial charge in [0.05, 0.1) is 14.2 Å². The number of carbonyl (C=O) groups is 1. The van der Waals surface area contributed by atoms with Crippen molar-refractivity contribution in [1.29, 1.82) is 0 Å². The maximum absolute atomic E-state index is 13.7. The molecule has 5 rings (SSSR count). The SMILES string of the molecule is COc1cccc(OC)c1N1C=C(Cc2ccc(-n3cc(F)ccc3=O)cc2)C(=O)NC1c1ccc(F)cc1. The van der Waals surface area contributed by atoms with E-state index in [9.17, 15) is 18.4 Å². The molecule has 1 aliphatic heterocycles. The Kier molecular flexibility index (Phi) is 7.14. The van der Waals surface area contributed by atoms with Gasteiger partial charge in [0.25, 0.3) is 11.5 Å². The number of hydrogen-bond donors (Lipinski definition) is 1. The van der Waals surface area contributed by atoms with Gasteiger partial charge in [0.1, 0.15) is 35.0 Å². The van der Waals surface area contributed by atoms with Crippen LogP contribution in [0.2, 0.25) is 0 Å². The van der Waals surface area contributed by atoms with Crippen molar-refractivity contribution in [3.8, 4) is 17.2 Å². The molecule has 1 N–H and O–H groups in total. The van der Waals surface area contributed by atoms with Crippen LogP contribution in [0.15, 0.2) is 102 Å². The number of hydrogen-bond acceptors (Lipinski definition) is 5. The van der Waals surface area contributed by atoms with Gasteiger partial charge in [-0.1, -0.05) is 30.3 Å². The van der Waals surface area contributed by atoms with Crippen molar-refractivity contribution in [2.24, 2.45) is 0 Å². The Labute approximate surface area is 223 Å². The van der Waals surface area contributed by atoms with Crippen molar-refractivity contribution in [1.82, 2.24) is 9.88 Å². The lowest BCUT2D eigenvalue weighted by molar-refractivity contribution is -0.118. The van der Waals surface area contributed by atoms with Crippen LogP contribution in [0.5, 0.6) is 11.5 Å². The highest BCUT2D eigenvalue weighted by molar-refractivity contribution is 5.96. The largest absolute Gasteiger partial charge is 0.494 e. The van der Waals surface area contributed by atoms with E-state index in [1.54, 1.807) is 75.0 Å². The number of para-hydroxylation sites is 1. The summed E-state index contributed by atoms with van der Waals surface area (Å²) >= 11 is 0. The minimum atomic E-state index is -0.658. The number of rotatable bonds is 7. The first kappa shape index (κ1) is 25.7. The first-order chi connectivity index (χ1) is 18.9. The Balaban J connectivity index is 1.53. The summed E-state index contributed by atoms with van der Waals surface area (Å²) in [5.41, 5.74) is 2.66. The van der Waals surface area contributed by atoms with E-state index < -0.39 is 12.0 Å². The topological polar surface area (TPSA) is 72.8 Å². The summed E-state index contributed by atoms with van der Waals surface area (Å²) in [6, 6.07) is 20.5. The molecule has 0 bridgehead atoms. The van der Waals surface area contributed by atoms with Gasteiger partial charge in [-0.15, -0.1) is 0 Å². The van der Waals surface area contributed by atoms with E-state index in [0.717, 1.165) is 17.8 Å². The molecular formula is C30H25F2N3O4. The van der Waals surface area contributed by atoms with Crippen LogP contribution in [0.3, 0.4) is 0 Å². The number of anilines is 1. The smallest absolute Gasteiger partial charge is 0.255 e. The minimum absolute atomic E-state index is 0.272. The molecule has 1 unspecified atom stereocenters. The molecule has 39 heavy (non-hydrogen) atoms. The normalized spacial score (nSPS) is 15.0. The molecule has 1 atom stereocenters. The maximum atomic E-state index is 13.7. The molecule has 4 aromatic rings. The number of carbonyl (C=O) groups excluding carboxylic acids is 1. The average Bonchev–Trinajstić information content (AvgIpc) is 2.95. The summed E-state index contributed by atoms with van der Waals surface area (Å²) in [5.74, 6) is -0.149. The van der Waals surface area contributed by atoms with Gasteiger partial charge in [-0.05, 0) is 53.6 Å². The van der Waals surface area contributed by atoms with Crippen molar-refractivity contribution < 1.29 is 23.0 Å². The summed E-state index contributed by atoms with van der Waals surface area (Å²) in [7, 11) is 3.09. The van der Waals surface area contributed by atoms with Crippen molar-refractivity contribution >= 4 is 11.6 Å². The molecule has 2 heterocycles. The van der Waals surface area contributed by atoms with E-state index in [2.05, 4.69) is 5.32 Å². The van der Waals surface area contributed by atoms with E-state index in [1.165, 1.54) is 22.8 Å². The molecule has 0 aliphatic carbocycles. The number of halogens is 2. The van der Waals surface area contributed by atoms with Crippen LogP contribution in [-0.4, -0.2) is 24.7 Å². The highest BCUT2D eigenvalue weighted by Gasteiger charge is 2.32. The molecule has 0 spiro atoms. The van der Waals surface area contributed by atoms with Gasteiger partial charge in [0.15, 0.2) is 0 Å². The fourth-order valence-corrected chi connectivity index (χ4v) is 4.54. The van der Waals surface area contributed by atoms with Crippen molar-refractivity contribution in [2.45, 2.75) is 12.6 Å². The van der Waals surface area contributed by atoms with Gasteiger partial charge >= 0.3 is 0 Å². The molecule has 198 valence electrons. The minimum Gasteiger partial charge on any atom is -0.494 e. The van der Waals surface area contributed by atoms with Crippen LogP contribution < -0.4 is 25.2 Å². The zero-order chi connectivity index (χ0) is 27.5. The molecule has 0 radical (unpaired) electrons. The molecule has 0 saturated carbocycles. The zero-order valence-electron chi connectivity index (χ0n) is 21.2. The summed E-state index contributed by atoms with van der Waals surface area (Å²) < 4.78 is 39.8. The number of ether oxygens (including phenoxy) is 2. The Morgan fingerprint density at radius 3 is 2.10 bits per heavy atom. The maximum Gasteiger partial charge on any atom is 0.255 e. The third kappa shape index (κ3) is 5.24. The summed E-state index contributed by atoms with van der Waals surface area (Å²) in [6.07, 6.45) is 2.48. The van der Waals surface area contributed by atoms with Crippen LogP contribution in [0.4, 0.5) is 14.5 Å². The molecule has 3 aromatic carbocycles. The van der Waals surface area contributed by atoms with Gasteiger partial charge in [-0.2, -0.15) is 0 Å². The quantitative estimate of drug-likeness (QED) is 0.369. The summed E-state index contributed by atoms with van der Waals surface area (Å²) in [4.78, 5) is 27.3. The van der Waals surface area contributed by atoms with Gasteiger partial charge in [0, 0.05) is 36.1 Å². The monoisotopic (exact) mass is 529 g/mol. The first-order valence-corrected chi connectivity index (χ1v) is 12.1. The lowest BCUT2D eigenvalue weighted by Crippen LogP contribution is -2.44.